The summed E-state index contributed by atoms with van der Waals surface area (Å²) in [6, 6.07) is 8.22. The highest BCUT2D eigenvalue weighted by Crippen LogP contribution is 2.21. The van der Waals surface area contributed by atoms with Gasteiger partial charge in [0.1, 0.15) is 0 Å². The van der Waals surface area contributed by atoms with Gasteiger partial charge >= 0.3 is 0 Å². The molecule has 0 saturated carbocycles. The number of rotatable bonds is 16. The van der Waals surface area contributed by atoms with Crippen molar-refractivity contribution in [3.05, 3.63) is 36.0 Å². The van der Waals surface area contributed by atoms with Crippen LogP contribution in [0.25, 0.3) is 10.9 Å². The average Bonchev–Trinajstić information content (AvgIpc) is 3.06. The molecule has 0 aliphatic carbocycles. The Morgan fingerprint density at radius 2 is 1.26 bits per heavy atom. The van der Waals surface area contributed by atoms with Crippen LogP contribution in [-0.4, -0.2) is 10.9 Å². The van der Waals surface area contributed by atoms with Gasteiger partial charge in [-0.3, -0.25) is 4.79 Å². The van der Waals surface area contributed by atoms with E-state index in [1.54, 1.807) is 0 Å². The largest absolute Gasteiger partial charge is 0.347 e. The van der Waals surface area contributed by atoms with Crippen LogP contribution < -0.4 is 0 Å². The summed E-state index contributed by atoms with van der Waals surface area (Å²) in [5, 5.41) is 1.08. The van der Waals surface area contributed by atoms with E-state index in [9.17, 15) is 4.79 Å². The van der Waals surface area contributed by atoms with Crippen molar-refractivity contribution < 1.29 is 4.79 Å². The molecule has 1 aromatic heterocycles. The van der Waals surface area contributed by atoms with Gasteiger partial charge in [0, 0.05) is 29.2 Å². The quantitative estimate of drug-likeness (QED) is 0.217. The predicted octanol–water partition coefficient (Wildman–Crippen LogP) is 7.94. The molecule has 0 N–H and O–H groups in total. The van der Waals surface area contributed by atoms with Crippen LogP contribution in [-0.2, 0) is 6.54 Å². The standard InChI is InChI=1S/C25H39NO/c1-2-3-4-5-6-7-8-9-10-11-12-13-14-17-20-26-21-23(22-27)24-18-15-16-19-25(24)26/h15-16,18-19,21-22H,2-14,17,20H2,1H3. The third-order valence-corrected chi connectivity index (χ3v) is 5.70. The van der Waals surface area contributed by atoms with Crippen LogP contribution in [0.4, 0.5) is 0 Å². The molecular weight excluding hydrogens is 330 g/mol. The Morgan fingerprint density at radius 1 is 0.741 bits per heavy atom. The average molecular weight is 370 g/mol. The Bertz CT molecular complexity index is 643. The lowest BCUT2D eigenvalue weighted by Crippen LogP contribution is -1.96. The molecule has 0 amide bonds. The number of carbonyl (C=O) groups excluding carboxylic acids is 1. The van der Waals surface area contributed by atoms with Gasteiger partial charge in [-0.1, -0.05) is 109 Å². The molecule has 0 saturated heterocycles. The van der Waals surface area contributed by atoms with E-state index in [2.05, 4.69) is 23.6 Å². The predicted molar refractivity (Wildman–Crippen MR) is 118 cm³/mol. The zero-order valence-electron chi connectivity index (χ0n) is 17.4. The van der Waals surface area contributed by atoms with Crippen molar-refractivity contribution in [2.45, 2.75) is 103 Å². The Hall–Kier alpha value is -1.57. The van der Waals surface area contributed by atoms with Crippen LogP contribution >= 0.6 is 0 Å². The number of nitrogens with zero attached hydrogens (tertiary/aromatic N) is 1. The number of hydrogen-bond donors (Lipinski definition) is 0. The Balaban J connectivity index is 1.47. The number of benzene rings is 1. The molecule has 0 atom stereocenters. The van der Waals surface area contributed by atoms with Gasteiger partial charge in [-0.05, 0) is 12.5 Å². The molecule has 0 aliphatic rings. The molecule has 150 valence electrons. The fraction of sp³-hybridized carbons (Fsp3) is 0.640. The Morgan fingerprint density at radius 3 is 1.81 bits per heavy atom. The topological polar surface area (TPSA) is 22.0 Å². The molecule has 1 aromatic carbocycles. The second kappa shape index (κ2) is 13.6. The first-order valence-corrected chi connectivity index (χ1v) is 11.4. The number of aromatic nitrogens is 1. The maximum atomic E-state index is 11.2. The summed E-state index contributed by atoms with van der Waals surface area (Å²) in [6.45, 7) is 3.30. The molecule has 2 aromatic rings. The highest BCUT2D eigenvalue weighted by atomic mass is 16.1. The van der Waals surface area contributed by atoms with Gasteiger partial charge in [0.05, 0.1) is 0 Å². The summed E-state index contributed by atoms with van der Waals surface area (Å²) in [5.74, 6) is 0. The molecule has 2 heteroatoms. The minimum Gasteiger partial charge on any atom is -0.347 e. The third-order valence-electron chi connectivity index (χ3n) is 5.70. The number of unbranched alkanes of at least 4 members (excludes halogenated alkanes) is 13. The molecule has 0 spiro atoms. The van der Waals surface area contributed by atoms with Gasteiger partial charge in [0.15, 0.2) is 6.29 Å². The minimum absolute atomic E-state index is 0.816. The lowest BCUT2D eigenvalue weighted by molar-refractivity contribution is 0.112. The highest BCUT2D eigenvalue weighted by molar-refractivity contribution is 5.97. The van der Waals surface area contributed by atoms with Crippen LogP contribution in [0.2, 0.25) is 0 Å². The molecular formula is C25H39NO. The summed E-state index contributed by atoms with van der Waals surface area (Å²) in [5.41, 5.74) is 2.00. The third kappa shape index (κ3) is 7.91. The van der Waals surface area contributed by atoms with E-state index >= 15 is 0 Å². The second-order valence-corrected chi connectivity index (χ2v) is 8.01. The van der Waals surface area contributed by atoms with Crippen LogP contribution in [0.3, 0.4) is 0 Å². The van der Waals surface area contributed by atoms with E-state index in [-0.39, 0.29) is 0 Å². The van der Waals surface area contributed by atoms with Crippen molar-refractivity contribution in [3.63, 3.8) is 0 Å². The molecule has 1 heterocycles. The monoisotopic (exact) mass is 369 g/mol. The van der Waals surface area contributed by atoms with Crippen molar-refractivity contribution in [2.75, 3.05) is 0 Å². The van der Waals surface area contributed by atoms with E-state index in [1.807, 2.05) is 18.3 Å². The zero-order valence-corrected chi connectivity index (χ0v) is 17.4. The summed E-state index contributed by atoms with van der Waals surface area (Å²) in [7, 11) is 0. The summed E-state index contributed by atoms with van der Waals surface area (Å²) in [6.07, 6.45) is 22.4. The molecule has 0 fully saturated rings. The lowest BCUT2D eigenvalue weighted by atomic mass is 10.0. The maximum absolute atomic E-state index is 11.2. The number of aryl methyl sites for hydroxylation is 1. The summed E-state index contributed by atoms with van der Waals surface area (Å²) < 4.78 is 2.25. The van der Waals surface area contributed by atoms with Crippen LogP contribution in [0, 0.1) is 0 Å². The summed E-state index contributed by atoms with van der Waals surface area (Å²) >= 11 is 0. The maximum Gasteiger partial charge on any atom is 0.152 e. The zero-order chi connectivity index (χ0) is 19.2. The molecule has 2 nitrogen and oxygen atoms in total. The van der Waals surface area contributed by atoms with E-state index in [0.717, 1.165) is 23.8 Å². The van der Waals surface area contributed by atoms with Gasteiger partial charge in [0.25, 0.3) is 0 Å². The van der Waals surface area contributed by atoms with Crippen LogP contribution in [0.5, 0.6) is 0 Å². The van der Waals surface area contributed by atoms with E-state index in [4.69, 9.17) is 0 Å². The first-order valence-electron chi connectivity index (χ1n) is 11.4. The highest BCUT2D eigenvalue weighted by Gasteiger charge is 2.06. The molecule has 0 aliphatic heterocycles. The van der Waals surface area contributed by atoms with Crippen molar-refractivity contribution in [2.24, 2.45) is 0 Å². The summed E-state index contributed by atoms with van der Waals surface area (Å²) in [4.78, 5) is 11.2. The van der Waals surface area contributed by atoms with Crippen molar-refractivity contribution >= 4 is 17.2 Å². The van der Waals surface area contributed by atoms with Gasteiger partial charge in [-0.15, -0.1) is 0 Å². The van der Waals surface area contributed by atoms with Gasteiger partial charge in [0.2, 0.25) is 0 Å². The smallest absolute Gasteiger partial charge is 0.152 e. The van der Waals surface area contributed by atoms with E-state index in [0.29, 0.717) is 0 Å². The van der Waals surface area contributed by atoms with Gasteiger partial charge in [-0.25, -0.2) is 0 Å². The normalized spacial score (nSPS) is 11.3. The van der Waals surface area contributed by atoms with Gasteiger partial charge < -0.3 is 4.57 Å². The molecule has 27 heavy (non-hydrogen) atoms. The first-order chi connectivity index (χ1) is 13.4. The fourth-order valence-electron chi connectivity index (χ4n) is 4.03. The number of fused-ring (bicyclic) bond motifs is 1. The van der Waals surface area contributed by atoms with Crippen molar-refractivity contribution in [3.8, 4) is 0 Å². The molecule has 0 unspecified atom stereocenters. The number of hydrogen-bond acceptors (Lipinski definition) is 1. The SMILES string of the molecule is CCCCCCCCCCCCCCCCn1cc(C=O)c2ccccc21. The van der Waals surface area contributed by atoms with Crippen molar-refractivity contribution in [1.29, 1.82) is 0 Å². The van der Waals surface area contributed by atoms with Gasteiger partial charge in [-0.2, -0.15) is 0 Å². The number of carbonyl (C=O) groups is 1. The minimum atomic E-state index is 0.816. The fourth-order valence-corrected chi connectivity index (χ4v) is 4.03. The van der Waals surface area contributed by atoms with Crippen LogP contribution in [0.15, 0.2) is 30.5 Å². The lowest BCUT2D eigenvalue weighted by Gasteiger charge is -2.06. The Labute approximate surface area is 166 Å². The number of aldehydes is 1. The molecule has 0 bridgehead atoms. The van der Waals surface area contributed by atoms with E-state index < -0.39 is 0 Å². The number of para-hydroxylation sites is 1. The molecule has 0 radical (unpaired) electrons. The van der Waals surface area contributed by atoms with Crippen molar-refractivity contribution in [1.82, 2.24) is 4.57 Å². The Kier molecular flexibility index (Phi) is 10.9. The van der Waals surface area contributed by atoms with Crippen LogP contribution in [0.1, 0.15) is 107 Å². The second-order valence-electron chi connectivity index (χ2n) is 8.01. The molecule has 2 rings (SSSR count). The first kappa shape index (κ1) is 21.7. The van der Waals surface area contributed by atoms with E-state index in [1.165, 1.54) is 95.4 Å².